The maximum Gasteiger partial charge on any atom is 0.259 e. The van der Waals surface area contributed by atoms with E-state index in [1.165, 1.54) is 0 Å². The lowest BCUT2D eigenvalue weighted by Crippen LogP contribution is -2.15. The third-order valence-corrected chi connectivity index (χ3v) is 2.72. The summed E-state index contributed by atoms with van der Waals surface area (Å²) in [6.07, 6.45) is 4.87. The van der Waals surface area contributed by atoms with Gasteiger partial charge in [0.25, 0.3) is 5.91 Å². The fraction of sp³-hybridized carbons (Fsp3) is 0. The number of carbonyl (C=O) groups is 1. The molecule has 2 aromatic heterocycles. The number of aromatic nitrogens is 4. The van der Waals surface area contributed by atoms with Crippen LogP contribution in [0.15, 0.2) is 61.1 Å². The highest BCUT2D eigenvalue weighted by Gasteiger charge is 2.13. The van der Waals surface area contributed by atoms with Crippen molar-refractivity contribution in [2.75, 3.05) is 5.32 Å². The largest absolute Gasteiger partial charge is 0.306 e. The molecule has 0 bridgehead atoms. The van der Waals surface area contributed by atoms with E-state index >= 15 is 0 Å². The first-order valence-corrected chi connectivity index (χ1v) is 6.03. The Labute approximate surface area is 115 Å². The zero-order valence-electron chi connectivity index (χ0n) is 10.5. The van der Waals surface area contributed by atoms with E-state index in [4.69, 9.17) is 0 Å². The Kier molecular flexibility index (Phi) is 3.20. The number of carbonyl (C=O) groups excluding carboxylic acids is 1. The van der Waals surface area contributed by atoms with Crippen LogP contribution < -0.4 is 5.32 Å². The van der Waals surface area contributed by atoms with Crippen LogP contribution in [-0.4, -0.2) is 25.9 Å². The van der Waals surface area contributed by atoms with Gasteiger partial charge in [-0.05, 0) is 24.3 Å². The highest BCUT2D eigenvalue weighted by Crippen LogP contribution is 2.14. The monoisotopic (exact) mass is 265 g/mol. The summed E-state index contributed by atoms with van der Waals surface area (Å²) in [6.45, 7) is 0. The van der Waals surface area contributed by atoms with Crippen LogP contribution in [0.1, 0.15) is 10.4 Å². The fourth-order valence-electron chi connectivity index (χ4n) is 1.82. The number of rotatable bonds is 3. The van der Waals surface area contributed by atoms with Gasteiger partial charge in [-0.1, -0.05) is 23.4 Å². The third-order valence-electron chi connectivity index (χ3n) is 2.72. The standard InChI is InChI=1S/C14H11N5O/c20-14(17-13-7-3-4-8-15-13)11-5-1-2-6-12(11)19-10-9-16-18-19/h1-10H,(H,15,17,20). The molecule has 3 rings (SSSR count). The minimum atomic E-state index is -0.241. The molecule has 2 heterocycles. The Morgan fingerprint density at radius 2 is 1.90 bits per heavy atom. The number of para-hydroxylation sites is 1. The summed E-state index contributed by atoms with van der Waals surface area (Å²) in [7, 11) is 0. The summed E-state index contributed by atoms with van der Waals surface area (Å²) in [5.41, 5.74) is 1.17. The first-order valence-electron chi connectivity index (χ1n) is 6.03. The van der Waals surface area contributed by atoms with Crippen molar-refractivity contribution in [2.24, 2.45) is 0 Å². The first-order chi connectivity index (χ1) is 9.84. The molecule has 0 saturated heterocycles. The Bertz CT molecular complexity index is 709. The lowest BCUT2D eigenvalue weighted by molar-refractivity contribution is 0.102. The summed E-state index contributed by atoms with van der Waals surface area (Å²) < 4.78 is 1.55. The molecular weight excluding hydrogens is 254 g/mol. The quantitative estimate of drug-likeness (QED) is 0.785. The minimum absolute atomic E-state index is 0.241. The number of anilines is 1. The molecule has 0 unspecified atom stereocenters. The smallest absolute Gasteiger partial charge is 0.259 e. The van der Waals surface area contributed by atoms with Crippen molar-refractivity contribution in [3.05, 3.63) is 66.6 Å². The van der Waals surface area contributed by atoms with E-state index in [0.717, 1.165) is 0 Å². The van der Waals surface area contributed by atoms with Crippen LogP contribution in [0.3, 0.4) is 0 Å². The highest BCUT2D eigenvalue weighted by molar-refractivity contribution is 6.06. The zero-order valence-corrected chi connectivity index (χ0v) is 10.5. The van der Waals surface area contributed by atoms with Crippen LogP contribution in [0, 0.1) is 0 Å². The van der Waals surface area contributed by atoms with Crippen molar-refractivity contribution in [1.29, 1.82) is 0 Å². The van der Waals surface area contributed by atoms with Gasteiger partial charge in [-0.25, -0.2) is 9.67 Å². The second kappa shape index (κ2) is 5.31. The SMILES string of the molecule is O=C(Nc1ccccn1)c1ccccc1-n1ccnn1. The van der Waals surface area contributed by atoms with E-state index in [1.807, 2.05) is 18.2 Å². The molecule has 6 nitrogen and oxygen atoms in total. The van der Waals surface area contributed by atoms with Crippen LogP contribution >= 0.6 is 0 Å². The van der Waals surface area contributed by atoms with Gasteiger partial charge < -0.3 is 5.32 Å². The number of hydrogen-bond acceptors (Lipinski definition) is 4. The molecule has 20 heavy (non-hydrogen) atoms. The molecule has 0 atom stereocenters. The number of pyridine rings is 1. The molecule has 0 saturated carbocycles. The maximum absolute atomic E-state index is 12.3. The van der Waals surface area contributed by atoms with E-state index in [1.54, 1.807) is 47.5 Å². The Morgan fingerprint density at radius 1 is 1.05 bits per heavy atom. The van der Waals surface area contributed by atoms with Crippen LogP contribution in [0.25, 0.3) is 5.69 Å². The predicted molar refractivity (Wildman–Crippen MR) is 73.5 cm³/mol. The predicted octanol–water partition coefficient (Wildman–Crippen LogP) is 1.91. The van der Waals surface area contributed by atoms with E-state index < -0.39 is 0 Å². The van der Waals surface area contributed by atoms with Crippen LogP contribution in [0.5, 0.6) is 0 Å². The maximum atomic E-state index is 12.3. The van der Waals surface area contributed by atoms with Crippen LogP contribution in [0.2, 0.25) is 0 Å². The molecule has 3 aromatic rings. The zero-order chi connectivity index (χ0) is 13.8. The second-order valence-corrected chi connectivity index (χ2v) is 4.03. The van der Waals surface area contributed by atoms with Gasteiger partial charge in [0.1, 0.15) is 5.82 Å². The van der Waals surface area contributed by atoms with E-state index in [-0.39, 0.29) is 5.91 Å². The Hall–Kier alpha value is -3.02. The average Bonchev–Trinajstić information content (AvgIpc) is 3.02. The van der Waals surface area contributed by atoms with Gasteiger partial charge >= 0.3 is 0 Å². The molecule has 0 aliphatic rings. The summed E-state index contributed by atoms with van der Waals surface area (Å²) in [6, 6.07) is 12.5. The van der Waals surface area contributed by atoms with Crippen molar-refractivity contribution in [2.45, 2.75) is 0 Å². The van der Waals surface area contributed by atoms with Crippen molar-refractivity contribution < 1.29 is 4.79 Å². The Morgan fingerprint density at radius 3 is 2.65 bits per heavy atom. The van der Waals surface area contributed by atoms with Gasteiger partial charge in [0.2, 0.25) is 0 Å². The van der Waals surface area contributed by atoms with E-state index in [9.17, 15) is 4.79 Å². The molecule has 1 amide bonds. The first kappa shape index (κ1) is 12.0. The molecule has 0 radical (unpaired) electrons. The summed E-state index contributed by atoms with van der Waals surface area (Å²) in [4.78, 5) is 16.4. The van der Waals surface area contributed by atoms with Crippen molar-refractivity contribution in [1.82, 2.24) is 20.0 Å². The normalized spacial score (nSPS) is 10.2. The number of nitrogens with zero attached hydrogens (tertiary/aromatic N) is 4. The Balaban J connectivity index is 1.93. The number of hydrogen-bond donors (Lipinski definition) is 1. The number of benzene rings is 1. The fourth-order valence-corrected chi connectivity index (χ4v) is 1.82. The number of nitrogens with one attached hydrogen (secondary N) is 1. The molecule has 0 aliphatic carbocycles. The molecule has 0 spiro atoms. The van der Waals surface area contributed by atoms with E-state index in [2.05, 4.69) is 20.6 Å². The lowest BCUT2D eigenvalue weighted by Gasteiger charge is -2.09. The molecule has 0 aliphatic heterocycles. The van der Waals surface area contributed by atoms with E-state index in [0.29, 0.717) is 17.1 Å². The van der Waals surface area contributed by atoms with Crippen LogP contribution in [0.4, 0.5) is 5.82 Å². The number of amides is 1. The van der Waals surface area contributed by atoms with Gasteiger partial charge in [-0.3, -0.25) is 4.79 Å². The molecular formula is C14H11N5O. The molecule has 1 aromatic carbocycles. The highest BCUT2D eigenvalue weighted by atomic mass is 16.1. The van der Waals surface area contributed by atoms with Crippen LogP contribution in [-0.2, 0) is 0 Å². The summed E-state index contributed by atoms with van der Waals surface area (Å²) >= 11 is 0. The lowest BCUT2D eigenvalue weighted by atomic mass is 10.1. The molecule has 0 fully saturated rings. The van der Waals surface area contributed by atoms with Gasteiger partial charge in [-0.15, -0.1) is 5.10 Å². The summed E-state index contributed by atoms with van der Waals surface area (Å²) in [5, 5.41) is 10.4. The van der Waals surface area contributed by atoms with Crippen molar-refractivity contribution in [3.8, 4) is 5.69 Å². The average molecular weight is 265 g/mol. The topological polar surface area (TPSA) is 72.7 Å². The van der Waals surface area contributed by atoms with Gasteiger partial charge in [0, 0.05) is 6.20 Å². The molecule has 6 heteroatoms. The summed E-state index contributed by atoms with van der Waals surface area (Å²) in [5.74, 6) is 0.265. The molecule has 98 valence electrons. The van der Waals surface area contributed by atoms with Crippen molar-refractivity contribution >= 4 is 11.7 Å². The van der Waals surface area contributed by atoms with Gasteiger partial charge in [-0.2, -0.15) is 0 Å². The minimum Gasteiger partial charge on any atom is -0.306 e. The third kappa shape index (κ3) is 2.39. The van der Waals surface area contributed by atoms with Gasteiger partial charge in [0.05, 0.1) is 23.6 Å². The second-order valence-electron chi connectivity index (χ2n) is 4.03. The van der Waals surface area contributed by atoms with Gasteiger partial charge in [0.15, 0.2) is 0 Å². The van der Waals surface area contributed by atoms with Crippen molar-refractivity contribution in [3.63, 3.8) is 0 Å². The molecule has 1 N–H and O–H groups in total.